The Bertz CT molecular complexity index is 424. The van der Waals surface area contributed by atoms with Gasteiger partial charge in [0.2, 0.25) is 0 Å². The lowest BCUT2D eigenvalue weighted by atomic mass is 9.75. The molecule has 19 heavy (non-hydrogen) atoms. The molecule has 1 aliphatic rings. The summed E-state index contributed by atoms with van der Waals surface area (Å²) in [6, 6.07) is 5.75. The molecule has 0 amide bonds. The molecule has 1 atom stereocenters. The van der Waals surface area contributed by atoms with E-state index in [9.17, 15) is 5.11 Å². The van der Waals surface area contributed by atoms with Crippen LogP contribution in [0.2, 0.25) is 0 Å². The molecule has 0 saturated heterocycles. The van der Waals surface area contributed by atoms with E-state index in [1.807, 2.05) is 25.1 Å². The van der Waals surface area contributed by atoms with Crippen LogP contribution in [0.3, 0.4) is 0 Å². The van der Waals surface area contributed by atoms with Crippen LogP contribution in [0.4, 0.5) is 0 Å². The molecule has 3 nitrogen and oxygen atoms in total. The Morgan fingerprint density at radius 3 is 2.68 bits per heavy atom. The van der Waals surface area contributed by atoms with Crippen molar-refractivity contribution in [2.45, 2.75) is 44.3 Å². The molecule has 106 valence electrons. The predicted molar refractivity (Wildman–Crippen MR) is 78.5 cm³/mol. The average molecular weight is 329 g/mol. The van der Waals surface area contributed by atoms with Gasteiger partial charge in [0.25, 0.3) is 0 Å². The summed E-state index contributed by atoms with van der Waals surface area (Å²) >= 11 is 3.45. The maximum Gasteiger partial charge on any atom is 0.125 e. The second-order valence-corrected chi connectivity index (χ2v) is 5.99. The highest BCUT2D eigenvalue weighted by Gasteiger charge is 2.39. The van der Waals surface area contributed by atoms with Crippen molar-refractivity contribution in [1.29, 1.82) is 0 Å². The van der Waals surface area contributed by atoms with Crippen molar-refractivity contribution in [3.63, 3.8) is 0 Å². The molecule has 1 aromatic rings. The molecule has 2 rings (SSSR count). The lowest BCUT2D eigenvalue weighted by Crippen LogP contribution is -2.40. The van der Waals surface area contributed by atoms with Crippen molar-refractivity contribution in [3.05, 3.63) is 28.2 Å². The van der Waals surface area contributed by atoms with Crippen molar-refractivity contribution >= 4 is 15.9 Å². The Hall–Kier alpha value is -0.580. The average Bonchev–Trinajstić information content (AvgIpc) is 2.36. The molecule has 1 aromatic carbocycles. The number of rotatable bonds is 6. The minimum atomic E-state index is -0.556. The third-order valence-electron chi connectivity index (χ3n) is 3.89. The van der Waals surface area contributed by atoms with E-state index < -0.39 is 6.10 Å². The molecule has 1 fully saturated rings. The van der Waals surface area contributed by atoms with Gasteiger partial charge in [-0.2, -0.15) is 0 Å². The molecule has 0 aliphatic heterocycles. The lowest BCUT2D eigenvalue weighted by Gasteiger charge is -2.42. The number of methoxy groups -OCH3 is 1. The molecule has 1 saturated carbocycles. The second kappa shape index (κ2) is 6.25. The lowest BCUT2D eigenvalue weighted by molar-refractivity contribution is -0.100. The van der Waals surface area contributed by atoms with Crippen LogP contribution in [0.25, 0.3) is 0 Å². The smallest absolute Gasteiger partial charge is 0.125 e. The minimum Gasteiger partial charge on any atom is -0.493 e. The van der Waals surface area contributed by atoms with Crippen LogP contribution in [0.1, 0.15) is 44.3 Å². The number of hydrogen-bond acceptors (Lipinski definition) is 3. The predicted octanol–water partition coefficient (Wildman–Crippen LogP) is 3.84. The third kappa shape index (κ3) is 3.30. The largest absolute Gasteiger partial charge is 0.493 e. The van der Waals surface area contributed by atoms with E-state index in [-0.39, 0.29) is 5.60 Å². The van der Waals surface area contributed by atoms with Crippen LogP contribution in [0.15, 0.2) is 22.7 Å². The highest BCUT2D eigenvalue weighted by molar-refractivity contribution is 9.10. The van der Waals surface area contributed by atoms with Crippen molar-refractivity contribution in [1.82, 2.24) is 0 Å². The highest BCUT2D eigenvalue weighted by atomic mass is 79.9. The summed E-state index contributed by atoms with van der Waals surface area (Å²) < 4.78 is 12.1. The van der Waals surface area contributed by atoms with Crippen molar-refractivity contribution in [2.75, 3.05) is 13.7 Å². The summed E-state index contributed by atoms with van der Waals surface area (Å²) in [4.78, 5) is 0. The summed E-state index contributed by atoms with van der Waals surface area (Å²) in [5.41, 5.74) is 0.685. The first-order chi connectivity index (χ1) is 9.10. The van der Waals surface area contributed by atoms with Crippen molar-refractivity contribution < 1.29 is 14.6 Å². The van der Waals surface area contributed by atoms with Gasteiger partial charge in [-0.15, -0.1) is 0 Å². The van der Waals surface area contributed by atoms with E-state index in [1.165, 1.54) is 6.42 Å². The first-order valence-corrected chi connectivity index (χ1v) is 7.55. The van der Waals surface area contributed by atoms with Crippen LogP contribution < -0.4 is 4.74 Å². The molecular weight excluding hydrogens is 308 g/mol. The first kappa shape index (κ1) is 14.8. The minimum absolute atomic E-state index is 0.148. The number of hydrogen-bond donors (Lipinski definition) is 1. The summed E-state index contributed by atoms with van der Waals surface area (Å²) in [7, 11) is 1.73. The number of aliphatic hydroxyl groups excluding tert-OH is 1. The molecule has 0 bridgehead atoms. The summed E-state index contributed by atoms with van der Waals surface area (Å²) in [6.45, 7) is 2.54. The fraction of sp³-hybridized carbons (Fsp3) is 0.600. The van der Waals surface area contributed by atoms with Gasteiger partial charge < -0.3 is 14.6 Å². The monoisotopic (exact) mass is 328 g/mol. The highest BCUT2D eigenvalue weighted by Crippen LogP contribution is 2.43. The fourth-order valence-corrected chi connectivity index (χ4v) is 2.97. The molecule has 1 aliphatic carbocycles. The van der Waals surface area contributed by atoms with E-state index >= 15 is 0 Å². The van der Waals surface area contributed by atoms with E-state index in [0.29, 0.717) is 13.0 Å². The Kier molecular flexibility index (Phi) is 4.87. The van der Waals surface area contributed by atoms with Gasteiger partial charge in [0.1, 0.15) is 5.75 Å². The number of benzene rings is 1. The van der Waals surface area contributed by atoms with Crippen molar-refractivity contribution in [2.24, 2.45) is 0 Å². The maximum absolute atomic E-state index is 10.5. The summed E-state index contributed by atoms with van der Waals surface area (Å²) in [5, 5.41) is 10.5. The molecule has 4 heteroatoms. The number of aliphatic hydroxyl groups is 1. The van der Waals surface area contributed by atoms with E-state index in [1.54, 1.807) is 7.11 Å². The van der Waals surface area contributed by atoms with Crippen LogP contribution in [0.5, 0.6) is 5.75 Å². The van der Waals surface area contributed by atoms with E-state index in [4.69, 9.17) is 9.47 Å². The molecule has 1 unspecified atom stereocenters. The van der Waals surface area contributed by atoms with Crippen LogP contribution in [0, 0.1) is 0 Å². The van der Waals surface area contributed by atoms with Gasteiger partial charge in [0, 0.05) is 23.6 Å². The summed E-state index contributed by atoms with van der Waals surface area (Å²) in [5.74, 6) is 0.753. The Labute approximate surface area is 123 Å². The second-order valence-electron chi connectivity index (χ2n) is 5.08. The number of ether oxygens (including phenoxy) is 2. The normalized spacial score (nSPS) is 18.7. The first-order valence-electron chi connectivity index (χ1n) is 6.76. The van der Waals surface area contributed by atoms with Crippen LogP contribution >= 0.6 is 15.9 Å². The molecular formula is C15H21BrO3. The van der Waals surface area contributed by atoms with Gasteiger partial charge in [-0.1, -0.05) is 15.9 Å². The van der Waals surface area contributed by atoms with Gasteiger partial charge >= 0.3 is 0 Å². The molecule has 0 heterocycles. The van der Waals surface area contributed by atoms with E-state index in [2.05, 4.69) is 15.9 Å². The van der Waals surface area contributed by atoms with Gasteiger partial charge in [0.15, 0.2) is 0 Å². The zero-order valence-corrected chi connectivity index (χ0v) is 13.1. The van der Waals surface area contributed by atoms with Gasteiger partial charge in [-0.3, -0.25) is 0 Å². The SMILES string of the molecule is CCOc1ccc(Br)cc1C(O)CC1(OC)CCC1. The topological polar surface area (TPSA) is 38.7 Å². The number of halogens is 1. The fourth-order valence-electron chi connectivity index (χ4n) is 2.59. The third-order valence-corrected chi connectivity index (χ3v) is 4.39. The van der Waals surface area contributed by atoms with Gasteiger partial charge in [-0.05, 0) is 44.4 Å². The Balaban J connectivity index is 2.17. The van der Waals surface area contributed by atoms with E-state index in [0.717, 1.165) is 28.6 Å². The van der Waals surface area contributed by atoms with Crippen molar-refractivity contribution in [3.8, 4) is 5.75 Å². The maximum atomic E-state index is 10.5. The molecule has 0 spiro atoms. The Morgan fingerprint density at radius 1 is 1.42 bits per heavy atom. The molecule has 0 radical (unpaired) electrons. The molecule has 1 N–H and O–H groups in total. The summed E-state index contributed by atoms with van der Waals surface area (Å²) in [6.07, 6.45) is 3.30. The van der Waals surface area contributed by atoms with Crippen LogP contribution in [-0.4, -0.2) is 24.4 Å². The van der Waals surface area contributed by atoms with Gasteiger partial charge in [-0.25, -0.2) is 0 Å². The molecule has 0 aromatic heterocycles. The van der Waals surface area contributed by atoms with Crippen LogP contribution in [-0.2, 0) is 4.74 Å². The van der Waals surface area contributed by atoms with Gasteiger partial charge in [0.05, 0.1) is 18.3 Å². The zero-order valence-electron chi connectivity index (χ0n) is 11.5. The zero-order chi connectivity index (χ0) is 13.9. The quantitative estimate of drug-likeness (QED) is 0.862. The standard InChI is InChI=1S/C15H21BrO3/c1-3-19-14-6-5-11(16)9-12(14)13(17)10-15(18-2)7-4-8-15/h5-6,9,13,17H,3-4,7-8,10H2,1-2H3. The Morgan fingerprint density at radius 2 is 2.16 bits per heavy atom.